The first-order valence-electron chi connectivity index (χ1n) is 28.1. The Morgan fingerprint density at radius 1 is 0.333 bits per heavy atom. The first kappa shape index (κ1) is 63.1. The first-order valence-corrected chi connectivity index (χ1v) is 28.1. The minimum absolute atomic E-state index is 0.0514. The van der Waals surface area contributed by atoms with Crippen molar-refractivity contribution in [3.8, 4) is 0 Å². The summed E-state index contributed by atoms with van der Waals surface area (Å²) < 4.78 is 17.4. The second-order valence-electron chi connectivity index (χ2n) is 18.5. The van der Waals surface area contributed by atoms with Crippen LogP contribution in [0.2, 0.25) is 0 Å². The van der Waals surface area contributed by atoms with Gasteiger partial charge in [-0.15, -0.1) is 0 Å². The number of hydrogen-bond acceptors (Lipinski definition) is 5. The average molecular weight is 920 g/mol. The number of ether oxygens (including phenoxy) is 3. The fraction of sp³-hybridized carbons (Fsp3) is 0.738. The van der Waals surface area contributed by atoms with Crippen LogP contribution in [0.25, 0.3) is 0 Å². The Balaban J connectivity index is 4.39. The zero-order chi connectivity index (χ0) is 47.7. The lowest BCUT2D eigenvalue weighted by atomic mass is 10.0. The molecule has 0 aromatic heterocycles. The summed E-state index contributed by atoms with van der Waals surface area (Å²) in [5, 5.41) is 0. The van der Waals surface area contributed by atoms with Crippen molar-refractivity contribution < 1.29 is 23.8 Å². The van der Waals surface area contributed by atoms with Gasteiger partial charge in [-0.1, -0.05) is 234 Å². The minimum atomic E-state index is -0.571. The van der Waals surface area contributed by atoms with E-state index in [0.29, 0.717) is 19.4 Å². The lowest BCUT2D eigenvalue weighted by Crippen LogP contribution is -2.30. The van der Waals surface area contributed by atoms with Crippen molar-refractivity contribution in [3.63, 3.8) is 0 Å². The van der Waals surface area contributed by atoms with E-state index in [9.17, 15) is 9.59 Å². The summed E-state index contributed by atoms with van der Waals surface area (Å²) in [4.78, 5) is 25.5. The van der Waals surface area contributed by atoms with Gasteiger partial charge in [-0.25, -0.2) is 0 Å². The molecule has 0 aromatic rings. The summed E-state index contributed by atoms with van der Waals surface area (Å²) in [6.45, 7) is 7.72. The molecule has 0 heterocycles. The molecule has 0 spiro atoms. The van der Waals surface area contributed by atoms with E-state index in [1.807, 2.05) is 0 Å². The monoisotopic (exact) mass is 919 g/mol. The minimum Gasteiger partial charge on any atom is -0.462 e. The highest BCUT2D eigenvalue weighted by atomic mass is 16.6. The van der Waals surface area contributed by atoms with Crippen LogP contribution in [0.4, 0.5) is 0 Å². The third-order valence-electron chi connectivity index (χ3n) is 11.9. The molecule has 5 nitrogen and oxygen atoms in total. The molecule has 0 saturated heterocycles. The fourth-order valence-corrected chi connectivity index (χ4v) is 7.68. The van der Waals surface area contributed by atoms with Crippen molar-refractivity contribution in [2.45, 2.75) is 271 Å². The molecule has 0 saturated carbocycles. The second-order valence-corrected chi connectivity index (χ2v) is 18.5. The van der Waals surface area contributed by atoms with Crippen molar-refractivity contribution in [2.24, 2.45) is 0 Å². The van der Waals surface area contributed by atoms with Gasteiger partial charge in [0.25, 0.3) is 0 Å². The van der Waals surface area contributed by atoms with E-state index >= 15 is 0 Å². The van der Waals surface area contributed by atoms with Gasteiger partial charge in [-0.3, -0.25) is 9.59 Å². The summed E-state index contributed by atoms with van der Waals surface area (Å²) in [5.41, 5.74) is 0. The van der Waals surface area contributed by atoms with E-state index in [0.717, 1.165) is 89.9 Å². The fourth-order valence-electron chi connectivity index (χ4n) is 7.68. The van der Waals surface area contributed by atoms with Gasteiger partial charge >= 0.3 is 11.9 Å². The average Bonchev–Trinajstić information content (AvgIpc) is 3.32. The summed E-state index contributed by atoms with van der Waals surface area (Å²) in [6, 6.07) is 0. The van der Waals surface area contributed by atoms with E-state index < -0.39 is 6.10 Å². The van der Waals surface area contributed by atoms with Crippen LogP contribution in [-0.2, 0) is 23.8 Å². The summed E-state index contributed by atoms with van der Waals surface area (Å²) in [6.07, 6.45) is 74.6. The van der Waals surface area contributed by atoms with Crippen molar-refractivity contribution in [1.82, 2.24) is 0 Å². The largest absolute Gasteiger partial charge is 0.462 e. The molecule has 380 valence electrons. The van der Waals surface area contributed by atoms with E-state index in [1.54, 1.807) is 0 Å². The van der Waals surface area contributed by atoms with Crippen molar-refractivity contribution in [1.29, 1.82) is 0 Å². The van der Waals surface area contributed by atoms with Crippen LogP contribution in [0.5, 0.6) is 0 Å². The van der Waals surface area contributed by atoms with E-state index in [1.165, 1.54) is 141 Å². The van der Waals surface area contributed by atoms with Gasteiger partial charge in [0.1, 0.15) is 6.61 Å². The lowest BCUT2D eigenvalue weighted by Gasteiger charge is -2.18. The molecule has 5 heteroatoms. The Hall–Kier alpha value is -2.92. The predicted octanol–water partition coefficient (Wildman–Crippen LogP) is 19.2. The molecule has 66 heavy (non-hydrogen) atoms. The van der Waals surface area contributed by atoms with Gasteiger partial charge in [0, 0.05) is 19.4 Å². The number of rotatable bonds is 51. The van der Waals surface area contributed by atoms with Crippen LogP contribution in [0, 0.1) is 0 Å². The van der Waals surface area contributed by atoms with Gasteiger partial charge in [0.05, 0.1) is 6.61 Å². The van der Waals surface area contributed by atoms with Crippen LogP contribution >= 0.6 is 0 Å². The van der Waals surface area contributed by atoms with Gasteiger partial charge in [0.2, 0.25) is 0 Å². The van der Waals surface area contributed by atoms with E-state index in [4.69, 9.17) is 14.2 Å². The van der Waals surface area contributed by atoms with E-state index in [2.05, 4.69) is 106 Å². The summed E-state index contributed by atoms with van der Waals surface area (Å²) >= 11 is 0. The number of allylic oxidation sites excluding steroid dienone is 14. The smallest absolute Gasteiger partial charge is 0.306 e. The zero-order valence-electron chi connectivity index (χ0n) is 43.7. The molecule has 0 aliphatic heterocycles. The number of hydrogen-bond donors (Lipinski definition) is 0. The molecule has 0 aromatic carbocycles. The Kier molecular flexibility index (Phi) is 53.9. The molecule has 0 aliphatic rings. The standard InChI is InChI=1S/C61H106O5/c1-4-7-10-13-16-19-22-25-28-30-31-32-34-37-40-43-46-49-52-55-61(63)66-59(57-64-56-53-50-47-44-41-38-35-29-26-23-20-17-14-11-8-5-2)58-65-60(62)54-51-48-45-42-39-36-33-27-24-21-18-15-12-9-6-3/h16,18-19,21,25,27-28,31-33,37,39-40,42,59H,4-15,17,20,22-24,26,29-30,34-36,38,41,43-58H2,1-3H3/b19-16-,21-18-,28-25-,32-31-,33-27-,40-37-,42-39-/t59-/m1/s1. The van der Waals surface area contributed by atoms with Crippen molar-refractivity contribution in [3.05, 3.63) is 85.1 Å². The molecule has 0 fully saturated rings. The zero-order valence-corrected chi connectivity index (χ0v) is 43.7. The molecule has 0 N–H and O–H groups in total. The molecule has 0 unspecified atom stereocenters. The highest BCUT2D eigenvalue weighted by molar-refractivity contribution is 5.70. The molecule has 0 aliphatic carbocycles. The third-order valence-corrected chi connectivity index (χ3v) is 11.9. The highest BCUT2D eigenvalue weighted by Gasteiger charge is 2.17. The Bertz CT molecular complexity index is 1220. The van der Waals surface area contributed by atoms with Crippen LogP contribution in [0.15, 0.2) is 85.1 Å². The predicted molar refractivity (Wildman–Crippen MR) is 288 cm³/mol. The molecule has 0 radical (unpaired) electrons. The van der Waals surface area contributed by atoms with Crippen molar-refractivity contribution >= 4 is 11.9 Å². The summed E-state index contributed by atoms with van der Waals surface area (Å²) in [5.74, 6) is -0.472. The molecule has 1 atom stereocenters. The topological polar surface area (TPSA) is 61.8 Å². The third kappa shape index (κ3) is 53.7. The van der Waals surface area contributed by atoms with Gasteiger partial charge in [0.15, 0.2) is 6.10 Å². The maximum Gasteiger partial charge on any atom is 0.306 e. The SMILES string of the molecule is CCCCC/C=C\C/C=C\C/C=C\C/C=C\CCCCCC(=O)O[C@H](COCCCCCCCCCCCCCCCCCC)COC(=O)CCCC/C=C\C/C=C\C/C=C\CCCCC. The Labute approximate surface area is 409 Å². The Morgan fingerprint density at radius 3 is 1.06 bits per heavy atom. The van der Waals surface area contributed by atoms with Gasteiger partial charge < -0.3 is 14.2 Å². The van der Waals surface area contributed by atoms with E-state index in [-0.39, 0.29) is 25.2 Å². The van der Waals surface area contributed by atoms with Crippen LogP contribution in [0.1, 0.15) is 265 Å². The normalized spacial score (nSPS) is 12.8. The first-order chi connectivity index (χ1) is 32.6. The van der Waals surface area contributed by atoms with Crippen molar-refractivity contribution in [2.75, 3.05) is 19.8 Å². The molecule has 0 bridgehead atoms. The maximum atomic E-state index is 12.8. The number of unbranched alkanes of at least 4 members (excludes halogenated alkanes) is 26. The Morgan fingerprint density at radius 2 is 0.636 bits per heavy atom. The lowest BCUT2D eigenvalue weighted by molar-refractivity contribution is -0.163. The van der Waals surface area contributed by atoms with Gasteiger partial charge in [-0.2, -0.15) is 0 Å². The van der Waals surface area contributed by atoms with Gasteiger partial charge in [-0.05, 0) is 103 Å². The number of esters is 2. The molecule has 0 amide bonds. The highest BCUT2D eigenvalue weighted by Crippen LogP contribution is 2.15. The van der Waals surface area contributed by atoms with Crippen LogP contribution in [0.3, 0.4) is 0 Å². The molecular weight excluding hydrogens is 813 g/mol. The van der Waals surface area contributed by atoms with Crippen LogP contribution < -0.4 is 0 Å². The summed E-state index contributed by atoms with van der Waals surface area (Å²) in [7, 11) is 0. The molecular formula is C61H106O5. The van der Waals surface area contributed by atoms with Crippen LogP contribution in [-0.4, -0.2) is 37.9 Å². The molecule has 0 rings (SSSR count). The quantitative estimate of drug-likeness (QED) is 0.0346. The number of carbonyl (C=O) groups is 2. The second kappa shape index (κ2) is 56.4. The number of carbonyl (C=O) groups excluding carboxylic acids is 2. The maximum absolute atomic E-state index is 12.8.